The summed E-state index contributed by atoms with van der Waals surface area (Å²) in [5.41, 5.74) is 4.66. The van der Waals surface area contributed by atoms with Crippen molar-refractivity contribution in [3.8, 4) is 0 Å². The van der Waals surface area contributed by atoms with Crippen LogP contribution in [0, 0.1) is 0 Å². The van der Waals surface area contributed by atoms with Gasteiger partial charge < -0.3 is 4.90 Å². The van der Waals surface area contributed by atoms with Gasteiger partial charge in [-0.3, -0.25) is 4.79 Å². The molecular formula is C21H23NO. The van der Waals surface area contributed by atoms with Crippen LogP contribution in [0.3, 0.4) is 0 Å². The Hall–Kier alpha value is -2.35. The Morgan fingerprint density at radius 3 is 2.26 bits per heavy atom. The summed E-state index contributed by atoms with van der Waals surface area (Å²) in [6.45, 7) is 5.80. The van der Waals surface area contributed by atoms with Crippen LogP contribution in [0.4, 0.5) is 0 Å². The molecule has 0 aromatic heterocycles. The summed E-state index contributed by atoms with van der Waals surface area (Å²) >= 11 is 0. The molecule has 1 aliphatic rings. The summed E-state index contributed by atoms with van der Waals surface area (Å²) < 4.78 is 0. The summed E-state index contributed by atoms with van der Waals surface area (Å²) in [4.78, 5) is 14.5. The molecular weight excluding hydrogens is 282 g/mol. The van der Waals surface area contributed by atoms with Gasteiger partial charge in [0.05, 0.1) is 0 Å². The van der Waals surface area contributed by atoms with Gasteiger partial charge in [-0.25, -0.2) is 0 Å². The Bertz CT molecular complexity index is 698. The highest BCUT2D eigenvalue weighted by atomic mass is 16.2. The van der Waals surface area contributed by atoms with E-state index in [1.807, 2.05) is 23.1 Å². The standard InChI is InChI=1S/C21H23NO/c1-16(2)17-8-10-20(11-9-17)21(23)22-14-12-19(13-15-22)18-6-4-3-5-7-18/h3-12,16H,13-15H2,1-2H3. The molecule has 118 valence electrons. The van der Waals surface area contributed by atoms with E-state index in [1.54, 1.807) is 0 Å². The van der Waals surface area contributed by atoms with E-state index in [0.717, 1.165) is 18.5 Å². The minimum atomic E-state index is 0.128. The highest BCUT2D eigenvalue weighted by Crippen LogP contribution is 2.23. The predicted molar refractivity (Wildman–Crippen MR) is 95.5 cm³/mol. The fourth-order valence-electron chi connectivity index (χ4n) is 2.96. The second kappa shape index (κ2) is 6.82. The van der Waals surface area contributed by atoms with Gasteiger partial charge >= 0.3 is 0 Å². The smallest absolute Gasteiger partial charge is 0.254 e. The van der Waals surface area contributed by atoms with Crippen molar-refractivity contribution in [2.75, 3.05) is 13.1 Å². The first-order valence-corrected chi connectivity index (χ1v) is 8.29. The van der Waals surface area contributed by atoms with E-state index in [-0.39, 0.29) is 5.91 Å². The first-order valence-electron chi connectivity index (χ1n) is 8.29. The lowest BCUT2D eigenvalue weighted by Gasteiger charge is -2.27. The van der Waals surface area contributed by atoms with E-state index in [0.29, 0.717) is 12.5 Å². The van der Waals surface area contributed by atoms with Crippen molar-refractivity contribution in [1.82, 2.24) is 4.90 Å². The van der Waals surface area contributed by atoms with E-state index >= 15 is 0 Å². The molecule has 2 aromatic rings. The normalized spacial score (nSPS) is 14.7. The molecule has 2 aromatic carbocycles. The lowest BCUT2D eigenvalue weighted by atomic mass is 9.98. The summed E-state index contributed by atoms with van der Waals surface area (Å²) in [6, 6.07) is 18.4. The van der Waals surface area contributed by atoms with Crippen LogP contribution in [0.2, 0.25) is 0 Å². The van der Waals surface area contributed by atoms with E-state index in [2.05, 4.69) is 56.3 Å². The number of amides is 1. The van der Waals surface area contributed by atoms with Crippen molar-refractivity contribution in [2.24, 2.45) is 0 Å². The topological polar surface area (TPSA) is 20.3 Å². The summed E-state index contributed by atoms with van der Waals surface area (Å²) in [5, 5.41) is 0. The Labute approximate surface area is 138 Å². The van der Waals surface area contributed by atoms with Gasteiger partial charge in [0.25, 0.3) is 5.91 Å². The van der Waals surface area contributed by atoms with Gasteiger partial charge in [-0.2, -0.15) is 0 Å². The second-order valence-electron chi connectivity index (χ2n) is 6.37. The van der Waals surface area contributed by atoms with Crippen molar-refractivity contribution in [3.05, 3.63) is 77.4 Å². The highest BCUT2D eigenvalue weighted by molar-refractivity contribution is 5.94. The third-order valence-corrected chi connectivity index (χ3v) is 4.47. The monoisotopic (exact) mass is 305 g/mol. The molecule has 0 radical (unpaired) electrons. The minimum absolute atomic E-state index is 0.128. The highest BCUT2D eigenvalue weighted by Gasteiger charge is 2.19. The second-order valence-corrected chi connectivity index (χ2v) is 6.37. The molecule has 2 nitrogen and oxygen atoms in total. The van der Waals surface area contributed by atoms with Gasteiger partial charge in [0.2, 0.25) is 0 Å². The van der Waals surface area contributed by atoms with Gasteiger partial charge in [-0.1, -0.05) is 62.4 Å². The molecule has 2 heteroatoms. The van der Waals surface area contributed by atoms with Gasteiger partial charge in [0.15, 0.2) is 0 Å². The fraction of sp³-hybridized carbons (Fsp3) is 0.286. The Morgan fingerprint density at radius 1 is 1.00 bits per heavy atom. The lowest BCUT2D eigenvalue weighted by Crippen LogP contribution is -2.34. The van der Waals surface area contributed by atoms with Crippen LogP contribution in [-0.4, -0.2) is 23.9 Å². The molecule has 3 rings (SSSR count). The van der Waals surface area contributed by atoms with Crippen molar-refractivity contribution >= 4 is 11.5 Å². The molecule has 0 N–H and O–H groups in total. The Kier molecular flexibility index (Phi) is 4.61. The lowest BCUT2D eigenvalue weighted by molar-refractivity contribution is 0.0773. The molecule has 0 bridgehead atoms. The number of benzene rings is 2. The van der Waals surface area contributed by atoms with Crippen LogP contribution in [-0.2, 0) is 0 Å². The molecule has 0 aliphatic carbocycles. The SMILES string of the molecule is CC(C)c1ccc(C(=O)N2CC=C(c3ccccc3)CC2)cc1. The van der Waals surface area contributed by atoms with Crippen molar-refractivity contribution in [3.63, 3.8) is 0 Å². The van der Waals surface area contributed by atoms with Gasteiger partial charge in [0.1, 0.15) is 0 Å². The number of hydrogen-bond donors (Lipinski definition) is 0. The van der Waals surface area contributed by atoms with Crippen LogP contribution < -0.4 is 0 Å². The van der Waals surface area contributed by atoms with Crippen molar-refractivity contribution in [2.45, 2.75) is 26.2 Å². The first-order chi connectivity index (χ1) is 11.1. The van der Waals surface area contributed by atoms with Gasteiger partial charge in [-0.05, 0) is 41.2 Å². The Balaban J connectivity index is 1.69. The zero-order chi connectivity index (χ0) is 16.2. The van der Waals surface area contributed by atoms with E-state index in [1.165, 1.54) is 16.7 Å². The maximum atomic E-state index is 12.6. The summed E-state index contributed by atoms with van der Waals surface area (Å²) in [7, 11) is 0. The molecule has 23 heavy (non-hydrogen) atoms. The van der Waals surface area contributed by atoms with Crippen LogP contribution in [0.25, 0.3) is 5.57 Å². The molecule has 1 aliphatic heterocycles. The summed E-state index contributed by atoms with van der Waals surface area (Å²) in [5.74, 6) is 0.620. The number of hydrogen-bond acceptors (Lipinski definition) is 1. The third kappa shape index (κ3) is 3.53. The number of carbonyl (C=O) groups is 1. The number of carbonyl (C=O) groups excluding carboxylic acids is 1. The molecule has 0 fully saturated rings. The maximum Gasteiger partial charge on any atom is 0.254 e. The number of rotatable bonds is 3. The largest absolute Gasteiger partial charge is 0.335 e. The van der Waals surface area contributed by atoms with Gasteiger partial charge in [0, 0.05) is 18.7 Å². The fourth-order valence-corrected chi connectivity index (χ4v) is 2.96. The minimum Gasteiger partial charge on any atom is -0.335 e. The molecule has 0 atom stereocenters. The van der Waals surface area contributed by atoms with Crippen LogP contribution >= 0.6 is 0 Å². The molecule has 1 amide bonds. The van der Waals surface area contributed by atoms with Crippen LogP contribution in [0.15, 0.2) is 60.7 Å². The zero-order valence-electron chi connectivity index (χ0n) is 13.8. The molecule has 1 heterocycles. The maximum absolute atomic E-state index is 12.6. The quantitative estimate of drug-likeness (QED) is 0.802. The predicted octanol–water partition coefficient (Wildman–Crippen LogP) is 4.74. The first kappa shape index (κ1) is 15.5. The number of nitrogens with zero attached hydrogens (tertiary/aromatic N) is 1. The molecule has 0 spiro atoms. The van der Waals surface area contributed by atoms with Crippen molar-refractivity contribution < 1.29 is 4.79 Å². The average molecular weight is 305 g/mol. The van der Waals surface area contributed by atoms with Crippen molar-refractivity contribution in [1.29, 1.82) is 0 Å². The van der Waals surface area contributed by atoms with Crippen LogP contribution in [0.5, 0.6) is 0 Å². The van der Waals surface area contributed by atoms with E-state index < -0.39 is 0 Å². The summed E-state index contributed by atoms with van der Waals surface area (Å²) in [6.07, 6.45) is 3.10. The third-order valence-electron chi connectivity index (χ3n) is 4.47. The average Bonchev–Trinajstić information content (AvgIpc) is 2.62. The Morgan fingerprint density at radius 2 is 1.70 bits per heavy atom. The molecule has 0 unspecified atom stereocenters. The zero-order valence-corrected chi connectivity index (χ0v) is 13.8. The van der Waals surface area contributed by atoms with Crippen LogP contribution in [0.1, 0.15) is 47.7 Å². The van der Waals surface area contributed by atoms with Gasteiger partial charge in [-0.15, -0.1) is 0 Å². The molecule has 0 saturated carbocycles. The van der Waals surface area contributed by atoms with E-state index in [4.69, 9.17) is 0 Å². The van der Waals surface area contributed by atoms with E-state index in [9.17, 15) is 4.79 Å². The molecule has 0 saturated heterocycles.